The summed E-state index contributed by atoms with van der Waals surface area (Å²) in [5.41, 5.74) is 4.13. The van der Waals surface area contributed by atoms with Crippen molar-refractivity contribution in [3.63, 3.8) is 0 Å². The van der Waals surface area contributed by atoms with Gasteiger partial charge in [0.05, 0.1) is 46.4 Å². The van der Waals surface area contributed by atoms with Crippen molar-refractivity contribution in [2.24, 2.45) is 0 Å². The number of hydrogen-bond acceptors (Lipinski definition) is 10. The Morgan fingerprint density at radius 2 is 1.92 bits per heavy atom. The van der Waals surface area contributed by atoms with Crippen LogP contribution in [0.1, 0.15) is 5.56 Å². The standard InChI is InChI=1S/C26H23FN6O4S/c1-14-8-16(24-19(9-14)32-23(35-3)13-30-24)25-33-18-10-17(27)20(11-21(18)38-25)36-6-7-37-26(34)31-15-4-5-22(28-2)29-12-15/h4-5,8-13H,6-7H2,1-3H3,(H,28,29)(H,31,34). The number of fused-ring (bicyclic) bond motifs is 2. The molecule has 0 saturated carbocycles. The van der Waals surface area contributed by atoms with Crippen molar-refractivity contribution in [3.05, 3.63) is 60.2 Å². The molecule has 5 rings (SSSR count). The summed E-state index contributed by atoms with van der Waals surface area (Å²) in [6, 6.07) is 10.2. The van der Waals surface area contributed by atoms with E-state index in [1.54, 1.807) is 31.4 Å². The third-order valence-electron chi connectivity index (χ3n) is 5.49. The quantitative estimate of drug-likeness (QED) is 0.251. The number of nitrogens with zero attached hydrogens (tertiary/aromatic N) is 4. The van der Waals surface area contributed by atoms with Gasteiger partial charge in [-0.1, -0.05) is 0 Å². The molecule has 2 aromatic carbocycles. The van der Waals surface area contributed by atoms with E-state index < -0.39 is 11.9 Å². The average molecular weight is 535 g/mol. The van der Waals surface area contributed by atoms with Crippen LogP contribution in [0.3, 0.4) is 0 Å². The topological polar surface area (TPSA) is 120 Å². The van der Waals surface area contributed by atoms with E-state index in [-0.39, 0.29) is 19.0 Å². The number of amides is 1. The molecule has 38 heavy (non-hydrogen) atoms. The third-order valence-corrected chi connectivity index (χ3v) is 6.54. The van der Waals surface area contributed by atoms with E-state index in [2.05, 4.69) is 30.6 Å². The first kappa shape index (κ1) is 25.1. The molecule has 0 bridgehead atoms. The Labute approximate surface area is 220 Å². The second-order valence-corrected chi connectivity index (χ2v) is 9.18. The number of hydrogen-bond donors (Lipinski definition) is 2. The molecule has 12 heteroatoms. The molecule has 1 amide bonds. The number of rotatable bonds is 8. The first-order valence-electron chi connectivity index (χ1n) is 11.6. The number of halogens is 1. The second-order valence-electron chi connectivity index (χ2n) is 8.15. The molecule has 0 unspecified atom stereocenters. The highest BCUT2D eigenvalue weighted by molar-refractivity contribution is 7.21. The third kappa shape index (κ3) is 5.39. The van der Waals surface area contributed by atoms with Crippen LogP contribution in [0.4, 0.5) is 20.7 Å². The Kier molecular flexibility index (Phi) is 7.13. The highest BCUT2D eigenvalue weighted by Gasteiger charge is 2.16. The van der Waals surface area contributed by atoms with Crippen LogP contribution in [-0.2, 0) is 4.74 Å². The smallest absolute Gasteiger partial charge is 0.411 e. The van der Waals surface area contributed by atoms with Crippen molar-refractivity contribution in [1.29, 1.82) is 0 Å². The van der Waals surface area contributed by atoms with E-state index in [9.17, 15) is 9.18 Å². The van der Waals surface area contributed by atoms with E-state index in [0.29, 0.717) is 38.9 Å². The van der Waals surface area contributed by atoms with Crippen molar-refractivity contribution in [2.75, 3.05) is 38.0 Å². The maximum Gasteiger partial charge on any atom is 0.411 e. The number of carbonyl (C=O) groups is 1. The molecule has 3 aromatic heterocycles. The SMILES string of the molecule is CNc1ccc(NC(=O)OCCOc2cc3sc(-c4cc(C)cc5nc(OC)cnc45)nc3cc2F)cn1. The minimum Gasteiger partial charge on any atom is -0.487 e. The molecule has 194 valence electrons. The number of ether oxygens (including phenoxy) is 3. The largest absolute Gasteiger partial charge is 0.487 e. The van der Waals surface area contributed by atoms with Gasteiger partial charge >= 0.3 is 6.09 Å². The maximum absolute atomic E-state index is 14.7. The monoisotopic (exact) mass is 534 g/mol. The van der Waals surface area contributed by atoms with Crippen LogP contribution in [0.5, 0.6) is 11.6 Å². The van der Waals surface area contributed by atoms with Crippen molar-refractivity contribution in [2.45, 2.75) is 6.92 Å². The molecule has 2 N–H and O–H groups in total. The molecule has 0 aliphatic rings. The Morgan fingerprint density at radius 3 is 2.68 bits per heavy atom. The van der Waals surface area contributed by atoms with Crippen LogP contribution in [0.25, 0.3) is 31.8 Å². The van der Waals surface area contributed by atoms with Crippen LogP contribution in [0, 0.1) is 12.7 Å². The molecule has 5 aromatic rings. The summed E-state index contributed by atoms with van der Waals surface area (Å²) in [4.78, 5) is 29.7. The highest BCUT2D eigenvalue weighted by atomic mass is 32.1. The number of anilines is 2. The van der Waals surface area contributed by atoms with Gasteiger partial charge in [-0.2, -0.15) is 0 Å². The van der Waals surface area contributed by atoms with Gasteiger partial charge in [-0.15, -0.1) is 11.3 Å². The molecule has 3 heterocycles. The Bertz CT molecular complexity index is 1630. The Morgan fingerprint density at radius 1 is 1.05 bits per heavy atom. The summed E-state index contributed by atoms with van der Waals surface area (Å²) < 4.78 is 31.3. The summed E-state index contributed by atoms with van der Waals surface area (Å²) in [5.74, 6) is 0.574. The van der Waals surface area contributed by atoms with Crippen LogP contribution in [-0.4, -0.2) is 53.4 Å². The van der Waals surface area contributed by atoms with Crippen LogP contribution in [0.15, 0.2) is 48.8 Å². The van der Waals surface area contributed by atoms with Gasteiger partial charge in [0.1, 0.15) is 24.0 Å². The first-order chi connectivity index (χ1) is 18.4. The number of benzene rings is 2. The summed E-state index contributed by atoms with van der Waals surface area (Å²) in [6.45, 7) is 1.86. The molecule has 10 nitrogen and oxygen atoms in total. The fraction of sp³-hybridized carbons (Fsp3) is 0.192. The van der Waals surface area contributed by atoms with Crippen molar-refractivity contribution in [1.82, 2.24) is 19.9 Å². The molecular formula is C26H23FN6O4S. The second kappa shape index (κ2) is 10.8. The van der Waals surface area contributed by atoms with E-state index >= 15 is 0 Å². The van der Waals surface area contributed by atoms with Gasteiger partial charge in [0.15, 0.2) is 11.6 Å². The zero-order valence-electron chi connectivity index (χ0n) is 20.7. The fourth-order valence-corrected chi connectivity index (χ4v) is 4.71. The van der Waals surface area contributed by atoms with E-state index in [0.717, 1.165) is 15.8 Å². The minimum absolute atomic E-state index is 0.0294. The zero-order chi connectivity index (χ0) is 26.6. The molecule has 0 saturated heterocycles. The normalized spacial score (nSPS) is 10.9. The summed E-state index contributed by atoms with van der Waals surface area (Å²) >= 11 is 1.39. The van der Waals surface area contributed by atoms with Gasteiger partial charge in [-0.05, 0) is 36.8 Å². The molecule has 0 radical (unpaired) electrons. The predicted octanol–water partition coefficient (Wildman–Crippen LogP) is 5.43. The summed E-state index contributed by atoms with van der Waals surface area (Å²) in [5, 5.41) is 6.14. The lowest BCUT2D eigenvalue weighted by atomic mass is 10.1. The Hall–Kier alpha value is -4.58. The van der Waals surface area contributed by atoms with Crippen molar-refractivity contribution < 1.29 is 23.4 Å². The number of methoxy groups -OCH3 is 1. The van der Waals surface area contributed by atoms with Crippen LogP contribution < -0.4 is 20.1 Å². The maximum atomic E-state index is 14.7. The molecular weight excluding hydrogens is 511 g/mol. The van der Waals surface area contributed by atoms with Crippen molar-refractivity contribution >= 4 is 50.2 Å². The summed E-state index contributed by atoms with van der Waals surface area (Å²) in [6.07, 6.45) is 2.39. The van der Waals surface area contributed by atoms with Gasteiger partial charge in [0.2, 0.25) is 5.88 Å². The number of aromatic nitrogens is 4. The highest BCUT2D eigenvalue weighted by Crippen LogP contribution is 2.37. The van der Waals surface area contributed by atoms with Gasteiger partial charge in [0.25, 0.3) is 0 Å². The number of carbonyl (C=O) groups excluding carboxylic acids is 1. The molecule has 0 aliphatic heterocycles. The molecule has 0 aliphatic carbocycles. The van der Waals surface area contributed by atoms with E-state index in [1.807, 2.05) is 19.1 Å². The molecule has 0 fully saturated rings. The van der Waals surface area contributed by atoms with Crippen molar-refractivity contribution in [3.8, 4) is 22.2 Å². The number of nitrogens with one attached hydrogen (secondary N) is 2. The lowest BCUT2D eigenvalue weighted by Gasteiger charge is -2.09. The summed E-state index contributed by atoms with van der Waals surface area (Å²) in [7, 11) is 3.29. The van der Waals surface area contributed by atoms with Gasteiger partial charge in [-0.25, -0.2) is 29.1 Å². The average Bonchev–Trinajstić information content (AvgIpc) is 3.33. The van der Waals surface area contributed by atoms with Gasteiger partial charge in [-0.3, -0.25) is 5.32 Å². The number of thiazole rings is 1. The lowest BCUT2D eigenvalue weighted by molar-refractivity contribution is 0.136. The van der Waals surface area contributed by atoms with E-state index in [1.165, 1.54) is 30.7 Å². The lowest BCUT2D eigenvalue weighted by Crippen LogP contribution is -2.18. The molecule has 0 atom stereocenters. The zero-order valence-corrected chi connectivity index (χ0v) is 21.6. The number of pyridine rings is 1. The predicted molar refractivity (Wildman–Crippen MR) is 144 cm³/mol. The van der Waals surface area contributed by atoms with Gasteiger partial charge in [0, 0.05) is 24.7 Å². The minimum atomic E-state index is -0.665. The van der Waals surface area contributed by atoms with Crippen LogP contribution >= 0.6 is 11.3 Å². The Balaban J connectivity index is 1.27. The molecule has 0 spiro atoms. The van der Waals surface area contributed by atoms with Gasteiger partial charge < -0.3 is 19.5 Å². The first-order valence-corrected chi connectivity index (χ1v) is 12.4. The van der Waals surface area contributed by atoms with Crippen LogP contribution in [0.2, 0.25) is 0 Å². The van der Waals surface area contributed by atoms with E-state index in [4.69, 9.17) is 14.2 Å². The fourth-order valence-electron chi connectivity index (χ4n) is 3.72. The number of aryl methyl sites for hydroxylation is 1.